The zero-order chi connectivity index (χ0) is 13.8. The van der Waals surface area contributed by atoms with Crippen molar-refractivity contribution in [1.82, 2.24) is 15.3 Å². The number of pyridine rings is 1. The molecule has 106 valence electrons. The maximum absolute atomic E-state index is 5.95. The normalized spacial score (nSPS) is 17.5. The van der Waals surface area contributed by atoms with Crippen LogP contribution in [0, 0.1) is 0 Å². The number of aliphatic imine (C=N–C) groups is 1. The maximum atomic E-state index is 5.95. The fourth-order valence-electron chi connectivity index (χ4n) is 2.73. The molecule has 1 fully saturated rings. The largest absolute Gasteiger partial charge is 0.370 e. The molecule has 2 heterocycles. The van der Waals surface area contributed by atoms with Gasteiger partial charge in [0.05, 0.1) is 12.2 Å². The summed E-state index contributed by atoms with van der Waals surface area (Å²) in [5.41, 5.74) is 7.77. The standard InChI is InChI=1S/C15H21N5/c16-15(20-12-4-2-1-3-5-12)18-10-13-7-6-11-8-9-17-14(11)19-13/h6-9,12H,1-5,10H2,(H,17,19)(H3,16,18,20). The average Bonchev–Trinajstić information content (AvgIpc) is 2.93. The Hall–Kier alpha value is -2.04. The first-order chi connectivity index (χ1) is 9.81. The summed E-state index contributed by atoms with van der Waals surface area (Å²) in [5, 5.41) is 4.43. The Morgan fingerprint density at radius 3 is 3.00 bits per heavy atom. The van der Waals surface area contributed by atoms with Crippen LogP contribution >= 0.6 is 0 Å². The summed E-state index contributed by atoms with van der Waals surface area (Å²) in [6, 6.07) is 6.54. The highest BCUT2D eigenvalue weighted by atomic mass is 15.1. The fraction of sp³-hybridized carbons (Fsp3) is 0.467. The number of fused-ring (bicyclic) bond motifs is 1. The zero-order valence-electron chi connectivity index (χ0n) is 11.6. The smallest absolute Gasteiger partial charge is 0.189 e. The van der Waals surface area contributed by atoms with Gasteiger partial charge in [-0.3, -0.25) is 0 Å². The second kappa shape index (κ2) is 5.94. The number of aromatic amines is 1. The van der Waals surface area contributed by atoms with Crippen LogP contribution in [-0.2, 0) is 6.54 Å². The van der Waals surface area contributed by atoms with Crippen LogP contribution in [0.25, 0.3) is 11.0 Å². The summed E-state index contributed by atoms with van der Waals surface area (Å²) in [4.78, 5) is 12.0. The molecule has 1 saturated carbocycles. The molecule has 0 spiro atoms. The molecule has 4 N–H and O–H groups in total. The van der Waals surface area contributed by atoms with Gasteiger partial charge in [-0.1, -0.05) is 19.3 Å². The lowest BCUT2D eigenvalue weighted by atomic mass is 9.96. The fourth-order valence-corrected chi connectivity index (χ4v) is 2.73. The van der Waals surface area contributed by atoms with Crippen LogP contribution in [0.5, 0.6) is 0 Å². The Balaban J connectivity index is 1.60. The number of rotatable bonds is 3. The highest BCUT2D eigenvalue weighted by Crippen LogP contribution is 2.17. The molecule has 1 aliphatic carbocycles. The SMILES string of the molecule is NC(=NCc1ccc2cc[nH]c2n1)NC1CCCCC1. The van der Waals surface area contributed by atoms with E-state index in [0.717, 1.165) is 16.7 Å². The molecule has 0 aliphatic heterocycles. The number of nitrogens with two attached hydrogens (primary N) is 1. The van der Waals surface area contributed by atoms with Gasteiger partial charge < -0.3 is 16.0 Å². The van der Waals surface area contributed by atoms with Gasteiger partial charge in [0.2, 0.25) is 0 Å². The number of H-pyrrole nitrogens is 1. The first kappa shape index (κ1) is 13.0. The number of nitrogens with zero attached hydrogens (tertiary/aromatic N) is 2. The maximum Gasteiger partial charge on any atom is 0.189 e. The molecule has 1 aliphatic rings. The molecule has 5 nitrogen and oxygen atoms in total. The molecule has 0 saturated heterocycles. The van der Waals surface area contributed by atoms with E-state index >= 15 is 0 Å². The molecule has 0 bridgehead atoms. The lowest BCUT2D eigenvalue weighted by Crippen LogP contribution is -2.41. The van der Waals surface area contributed by atoms with Crippen molar-refractivity contribution in [1.29, 1.82) is 0 Å². The second-order valence-corrected chi connectivity index (χ2v) is 5.40. The van der Waals surface area contributed by atoms with Gasteiger partial charge >= 0.3 is 0 Å². The quantitative estimate of drug-likeness (QED) is 0.592. The number of hydrogen-bond donors (Lipinski definition) is 3. The van der Waals surface area contributed by atoms with Crippen molar-refractivity contribution in [2.75, 3.05) is 0 Å². The molecule has 0 unspecified atom stereocenters. The number of nitrogens with one attached hydrogen (secondary N) is 2. The van der Waals surface area contributed by atoms with Gasteiger partial charge in [-0.05, 0) is 31.0 Å². The monoisotopic (exact) mass is 271 g/mol. The van der Waals surface area contributed by atoms with Crippen LogP contribution in [0.15, 0.2) is 29.4 Å². The minimum atomic E-state index is 0.492. The van der Waals surface area contributed by atoms with E-state index in [1.807, 2.05) is 18.3 Å². The first-order valence-electron chi connectivity index (χ1n) is 7.31. The van der Waals surface area contributed by atoms with E-state index in [1.54, 1.807) is 0 Å². The van der Waals surface area contributed by atoms with Gasteiger partial charge in [0, 0.05) is 17.6 Å². The van der Waals surface area contributed by atoms with Crippen LogP contribution in [0.2, 0.25) is 0 Å². The highest BCUT2D eigenvalue weighted by molar-refractivity contribution is 5.78. The Morgan fingerprint density at radius 2 is 2.15 bits per heavy atom. The molecule has 0 radical (unpaired) electrons. The van der Waals surface area contributed by atoms with Crippen molar-refractivity contribution in [3.05, 3.63) is 30.1 Å². The molecule has 20 heavy (non-hydrogen) atoms. The van der Waals surface area contributed by atoms with Crippen LogP contribution in [-0.4, -0.2) is 22.0 Å². The van der Waals surface area contributed by atoms with Crippen LogP contribution in [0.1, 0.15) is 37.8 Å². The van der Waals surface area contributed by atoms with Gasteiger partial charge in [-0.25, -0.2) is 9.98 Å². The number of guanidine groups is 1. The Morgan fingerprint density at radius 1 is 1.30 bits per heavy atom. The first-order valence-corrected chi connectivity index (χ1v) is 7.31. The topological polar surface area (TPSA) is 79.1 Å². The Bertz CT molecular complexity index is 595. The Labute approximate surface area is 118 Å². The molecule has 3 rings (SSSR count). The van der Waals surface area contributed by atoms with Crippen LogP contribution in [0.4, 0.5) is 0 Å². The van der Waals surface area contributed by atoms with E-state index in [0.29, 0.717) is 18.5 Å². The van der Waals surface area contributed by atoms with Crippen LogP contribution in [0.3, 0.4) is 0 Å². The van der Waals surface area contributed by atoms with Gasteiger partial charge in [0.15, 0.2) is 5.96 Å². The van der Waals surface area contributed by atoms with E-state index in [-0.39, 0.29) is 0 Å². The van der Waals surface area contributed by atoms with Gasteiger partial charge in [-0.15, -0.1) is 0 Å². The number of aromatic nitrogens is 2. The minimum absolute atomic E-state index is 0.492. The van der Waals surface area contributed by atoms with E-state index in [9.17, 15) is 0 Å². The van der Waals surface area contributed by atoms with Crippen molar-refractivity contribution >= 4 is 17.0 Å². The van der Waals surface area contributed by atoms with Gasteiger partial charge in [-0.2, -0.15) is 0 Å². The molecule has 5 heteroatoms. The molecular weight excluding hydrogens is 250 g/mol. The second-order valence-electron chi connectivity index (χ2n) is 5.40. The van der Waals surface area contributed by atoms with Gasteiger partial charge in [0.1, 0.15) is 5.65 Å². The summed E-state index contributed by atoms with van der Waals surface area (Å²) in [6.07, 6.45) is 8.21. The molecule has 2 aromatic heterocycles. The molecule has 2 aromatic rings. The minimum Gasteiger partial charge on any atom is -0.370 e. The zero-order valence-corrected chi connectivity index (χ0v) is 11.6. The predicted octanol–water partition coefficient (Wildman–Crippen LogP) is 2.30. The van der Waals surface area contributed by atoms with Crippen molar-refractivity contribution < 1.29 is 0 Å². The third kappa shape index (κ3) is 3.10. The predicted molar refractivity (Wildman–Crippen MR) is 81.4 cm³/mol. The van der Waals surface area contributed by atoms with Crippen molar-refractivity contribution in [2.45, 2.75) is 44.7 Å². The average molecular weight is 271 g/mol. The van der Waals surface area contributed by atoms with Crippen molar-refractivity contribution in [3.63, 3.8) is 0 Å². The molecule has 0 amide bonds. The summed E-state index contributed by atoms with van der Waals surface area (Å²) in [7, 11) is 0. The summed E-state index contributed by atoms with van der Waals surface area (Å²) in [6.45, 7) is 0.514. The summed E-state index contributed by atoms with van der Waals surface area (Å²) < 4.78 is 0. The Kier molecular flexibility index (Phi) is 3.85. The van der Waals surface area contributed by atoms with Crippen LogP contribution < -0.4 is 11.1 Å². The lowest BCUT2D eigenvalue weighted by Gasteiger charge is -2.23. The van der Waals surface area contributed by atoms with E-state index in [4.69, 9.17) is 5.73 Å². The number of hydrogen-bond acceptors (Lipinski definition) is 2. The van der Waals surface area contributed by atoms with E-state index in [2.05, 4.69) is 26.3 Å². The van der Waals surface area contributed by atoms with Crippen molar-refractivity contribution in [2.24, 2.45) is 10.7 Å². The summed E-state index contributed by atoms with van der Waals surface area (Å²) >= 11 is 0. The van der Waals surface area contributed by atoms with Gasteiger partial charge in [0.25, 0.3) is 0 Å². The van der Waals surface area contributed by atoms with E-state index < -0.39 is 0 Å². The molecule has 0 aromatic carbocycles. The third-order valence-corrected chi connectivity index (χ3v) is 3.84. The third-order valence-electron chi connectivity index (χ3n) is 3.84. The molecule has 0 atom stereocenters. The lowest BCUT2D eigenvalue weighted by molar-refractivity contribution is 0.412. The summed E-state index contributed by atoms with van der Waals surface area (Å²) in [5.74, 6) is 0.533. The van der Waals surface area contributed by atoms with Crippen molar-refractivity contribution in [3.8, 4) is 0 Å². The van der Waals surface area contributed by atoms with E-state index in [1.165, 1.54) is 32.1 Å². The molecular formula is C15H21N5. The highest BCUT2D eigenvalue weighted by Gasteiger charge is 2.13.